The van der Waals surface area contributed by atoms with Crippen LogP contribution in [0.15, 0.2) is 18.3 Å². The Bertz CT molecular complexity index is 691. The molecule has 0 aromatic carbocycles. The summed E-state index contributed by atoms with van der Waals surface area (Å²) in [6, 6.07) is 3.91. The molecule has 5 nitrogen and oxygen atoms in total. The van der Waals surface area contributed by atoms with Gasteiger partial charge in [0, 0.05) is 36.9 Å². The third-order valence-corrected chi connectivity index (χ3v) is 4.32. The lowest BCUT2D eigenvalue weighted by atomic mass is 9.90. The summed E-state index contributed by atoms with van der Waals surface area (Å²) in [6.45, 7) is 13.7. The van der Waals surface area contributed by atoms with Crippen LogP contribution in [0.2, 0.25) is 0 Å². The Hall–Kier alpha value is -1.59. The van der Waals surface area contributed by atoms with E-state index in [1.54, 1.807) is 0 Å². The number of morpholine rings is 1. The van der Waals surface area contributed by atoms with Crippen LogP contribution in [0, 0.1) is 0 Å². The largest absolute Gasteiger partial charge is 0.398 e. The second kappa shape index (κ2) is 5.80. The normalized spacial score (nSPS) is 23.5. The number of ether oxygens (including phenoxy) is 1. The van der Waals surface area contributed by atoms with Crippen LogP contribution in [0.4, 0.5) is 5.69 Å². The second-order valence-corrected chi connectivity index (χ2v) is 7.80. The molecule has 5 heteroatoms. The van der Waals surface area contributed by atoms with Crippen LogP contribution < -0.4 is 5.73 Å². The van der Waals surface area contributed by atoms with E-state index >= 15 is 0 Å². The fourth-order valence-corrected chi connectivity index (χ4v) is 3.49. The summed E-state index contributed by atoms with van der Waals surface area (Å²) in [4.78, 5) is 7.34. The van der Waals surface area contributed by atoms with Gasteiger partial charge in [0.15, 0.2) is 0 Å². The number of nitrogen functional groups attached to an aromatic ring is 1. The molecular weight excluding hydrogens is 288 g/mol. The molecule has 1 saturated heterocycles. The summed E-state index contributed by atoms with van der Waals surface area (Å²) < 4.78 is 8.01. The Morgan fingerprint density at radius 1 is 1.22 bits per heavy atom. The molecule has 23 heavy (non-hydrogen) atoms. The summed E-state index contributed by atoms with van der Waals surface area (Å²) in [5.41, 5.74) is 10.1. The molecule has 2 aromatic heterocycles. The number of aromatic nitrogens is 2. The zero-order valence-electron chi connectivity index (χ0n) is 14.8. The molecule has 0 radical (unpaired) electrons. The SMILES string of the molecule is CC1CN(Cc2c(C(C)(C)C)nc3ccc(N)cn23)CC(C)O1. The van der Waals surface area contributed by atoms with Crippen molar-refractivity contribution in [3.05, 3.63) is 29.7 Å². The van der Waals surface area contributed by atoms with Gasteiger partial charge in [0.25, 0.3) is 0 Å². The zero-order valence-corrected chi connectivity index (χ0v) is 14.8. The van der Waals surface area contributed by atoms with Gasteiger partial charge < -0.3 is 14.9 Å². The van der Waals surface area contributed by atoms with Crippen molar-refractivity contribution in [3.63, 3.8) is 0 Å². The molecule has 2 unspecified atom stereocenters. The summed E-state index contributed by atoms with van der Waals surface area (Å²) in [6.07, 6.45) is 2.52. The molecule has 2 N–H and O–H groups in total. The van der Waals surface area contributed by atoms with Crippen molar-refractivity contribution < 1.29 is 4.74 Å². The highest BCUT2D eigenvalue weighted by Gasteiger charge is 2.28. The zero-order chi connectivity index (χ0) is 16.8. The maximum absolute atomic E-state index is 6.01. The van der Waals surface area contributed by atoms with E-state index in [1.165, 1.54) is 5.69 Å². The van der Waals surface area contributed by atoms with Crippen molar-refractivity contribution in [1.29, 1.82) is 0 Å². The maximum atomic E-state index is 6.01. The van der Waals surface area contributed by atoms with E-state index in [9.17, 15) is 0 Å². The Morgan fingerprint density at radius 2 is 1.87 bits per heavy atom. The molecule has 2 atom stereocenters. The molecule has 0 saturated carbocycles. The lowest BCUT2D eigenvalue weighted by molar-refractivity contribution is -0.0709. The molecule has 126 valence electrons. The Balaban J connectivity index is 2.02. The predicted molar refractivity (Wildman–Crippen MR) is 93.6 cm³/mol. The van der Waals surface area contributed by atoms with Crippen molar-refractivity contribution >= 4 is 11.3 Å². The average molecular weight is 316 g/mol. The molecule has 2 aromatic rings. The highest BCUT2D eigenvalue weighted by Crippen LogP contribution is 2.28. The van der Waals surface area contributed by atoms with Crippen molar-refractivity contribution in [3.8, 4) is 0 Å². The average Bonchev–Trinajstić information content (AvgIpc) is 2.76. The minimum absolute atomic E-state index is 0.000363. The highest BCUT2D eigenvalue weighted by molar-refractivity contribution is 5.51. The number of hydrogen-bond acceptors (Lipinski definition) is 4. The molecule has 1 fully saturated rings. The van der Waals surface area contributed by atoms with Gasteiger partial charge in [-0.3, -0.25) is 4.90 Å². The van der Waals surface area contributed by atoms with Gasteiger partial charge in [-0.15, -0.1) is 0 Å². The first kappa shape index (κ1) is 16.3. The van der Waals surface area contributed by atoms with Crippen LogP contribution in [-0.2, 0) is 16.7 Å². The lowest BCUT2D eigenvalue weighted by Crippen LogP contribution is -2.45. The molecule has 0 spiro atoms. The van der Waals surface area contributed by atoms with Crippen molar-refractivity contribution in [1.82, 2.24) is 14.3 Å². The molecular formula is C18H28N4O. The number of anilines is 1. The number of rotatable bonds is 2. The van der Waals surface area contributed by atoms with Gasteiger partial charge in [0.1, 0.15) is 5.65 Å². The minimum atomic E-state index is -0.000363. The molecule has 3 rings (SSSR count). The summed E-state index contributed by atoms with van der Waals surface area (Å²) >= 11 is 0. The van der Waals surface area contributed by atoms with E-state index in [2.05, 4.69) is 43.9 Å². The van der Waals surface area contributed by atoms with Crippen molar-refractivity contribution in [2.75, 3.05) is 18.8 Å². The fraction of sp³-hybridized carbons (Fsp3) is 0.611. The van der Waals surface area contributed by atoms with E-state index in [1.807, 2.05) is 18.3 Å². The molecule has 1 aliphatic rings. The number of nitrogens with zero attached hydrogens (tertiary/aromatic N) is 3. The molecule has 3 heterocycles. The number of imidazole rings is 1. The van der Waals surface area contributed by atoms with Gasteiger partial charge in [-0.1, -0.05) is 20.8 Å². The monoisotopic (exact) mass is 316 g/mol. The summed E-state index contributed by atoms with van der Waals surface area (Å²) in [5.74, 6) is 0. The third kappa shape index (κ3) is 3.35. The van der Waals surface area contributed by atoms with Crippen molar-refractivity contribution in [2.45, 2.75) is 58.8 Å². The van der Waals surface area contributed by atoms with Crippen LogP contribution in [-0.4, -0.2) is 39.6 Å². The molecule has 0 amide bonds. The standard InChI is InChI=1S/C18H28N4O/c1-12-8-21(9-13(2)23-12)11-15-17(18(3,4)5)20-16-7-6-14(19)10-22(15)16/h6-7,10,12-13H,8-9,11,19H2,1-5H3. The first-order chi connectivity index (χ1) is 10.7. The van der Waals surface area contributed by atoms with E-state index < -0.39 is 0 Å². The van der Waals surface area contributed by atoms with E-state index in [4.69, 9.17) is 15.5 Å². The van der Waals surface area contributed by atoms with Gasteiger partial charge in [-0.2, -0.15) is 0 Å². The number of pyridine rings is 1. The number of hydrogen-bond donors (Lipinski definition) is 1. The number of nitrogens with two attached hydrogens (primary N) is 1. The maximum Gasteiger partial charge on any atom is 0.137 e. The topological polar surface area (TPSA) is 55.8 Å². The fourth-order valence-electron chi connectivity index (χ4n) is 3.49. The second-order valence-electron chi connectivity index (χ2n) is 7.80. The Morgan fingerprint density at radius 3 is 2.48 bits per heavy atom. The van der Waals surface area contributed by atoms with E-state index in [-0.39, 0.29) is 17.6 Å². The lowest BCUT2D eigenvalue weighted by Gasteiger charge is -2.35. The van der Waals surface area contributed by atoms with Crippen LogP contribution in [0.1, 0.15) is 46.0 Å². The summed E-state index contributed by atoms with van der Waals surface area (Å²) in [7, 11) is 0. The Labute approximate surface area is 138 Å². The van der Waals surface area contributed by atoms with Gasteiger partial charge in [-0.25, -0.2) is 4.98 Å². The van der Waals surface area contributed by atoms with Crippen molar-refractivity contribution in [2.24, 2.45) is 0 Å². The van der Waals surface area contributed by atoms with Gasteiger partial charge in [0.05, 0.1) is 23.6 Å². The van der Waals surface area contributed by atoms with Crippen LogP contribution in [0.5, 0.6) is 0 Å². The van der Waals surface area contributed by atoms with E-state index in [0.717, 1.165) is 36.7 Å². The molecule has 0 bridgehead atoms. The van der Waals surface area contributed by atoms with Crippen LogP contribution in [0.3, 0.4) is 0 Å². The number of fused-ring (bicyclic) bond motifs is 1. The van der Waals surface area contributed by atoms with E-state index in [0.29, 0.717) is 0 Å². The van der Waals surface area contributed by atoms with Gasteiger partial charge >= 0.3 is 0 Å². The van der Waals surface area contributed by atoms with Crippen LogP contribution >= 0.6 is 0 Å². The smallest absolute Gasteiger partial charge is 0.137 e. The first-order valence-electron chi connectivity index (χ1n) is 8.39. The van der Waals surface area contributed by atoms with Gasteiger partial charge in [-0.05, 0) is 26.0 Å². The predicted octanol–water partition coefficient (Wildman–Crippen LogP) is 2.82. The Kier molecular flexibility index (Phi) is 4.10. The quantitative estimate of drug-likeness (QED) is 0.925. The van der Waals surface area contributed by atoms with Gasteiger partial charge in [0.2, 0.25) is 0 Å². The highest BCUT2D eigenvalue weighted by atomic mass is 16.5. The van der Waals surface area contributed by atoms with Crippen LogP contribution in [0.25, 0.3) is 5.65 Å². The molecule has 1 aliphatic heterocycles. The minimum Gasteiger partial charge on any atom is -0.398 e. The third-order valence-electron chi connectivity index (χ3n) is 4.32. The molecule has 0 aliphatic carbocycles. The first-order valence-corrected chi connectivity index (χ1v) is 8.39. The summed E-state index contributed by atoms with van der Waals surface area (Å²) in [5, 5.41) is 0.